The van der Waals surface area contributed by atoms with Crippen LogP contribution in [0.2, 0.25) is 0 Å². The van der Waals surface area contributed by atoms with Crippen LogP contribution >= 0.6 is 0 Å². The molecule has 1 unspecified atom stereocenters. The molecule has 0 aliphatic carbocycles. The summed E-state index contributed by atoms with van der Waals surface area (Å²) in [6, 6.07) is 14.8. The number of fused-ring (bicyclic) bond motifs is 1. The van der Waals surface area contributed by atoms with Crippen LogP contribution in [-0.2, 0) is 16.0 Å². The van der Waals surface area contributed by atoms with Crippen molar-refractivity contribution >= 4 is 17.5 Å². The molecule has 0 saturated heterocycles. The van der Waals surface area contributed by atoms with Gasteiger partial charge in [-0.1, -0.05) is 24.3 Å². The average molecular weight is 340 g/mol. The summed E-state index contributed by atoms with van der Waals surface area (Å²) >= 11 is 0. The number of nitrogens with one attached hydrogen (secondary N) is 2. The molecule has 1 atom stereocenters. The molecule has 1 aliphatic rings. The van der Waals surface area contributed by atoms with Crippen LogP contribution in [0, 0.1) is 0 Å². The van der Waals surface area contributed by atoms with Gasteiger partial charge in [-0.15, -0.1) is 0 Å². The van der Waals surface area contributed by atoms with Crippen molar-refractivity contribution < 1.29 is 19.1 Å². The molecule has 1 heterocycles. The van der Waals surface area contributed by atoms with Gasteiger partial charge in [-0.2, -0.15) is 0 Å². The number of benzene rings is 2. The highest BCUT2D eigenvalue weighted by Gasteiger charge is 2.23. The van der Waals surface area contributed by atoms with Crippen molar-refractivity contribution in [2.45, 2.75) is 19.4 Å². The lowest BCUT2D eigenvalue weighted by Crippen LogP contribution is -2.34. The minimum Gasteiger partial charge on any atom is -0.484 e. The van der Waals surface area contributed by atoms with Gasteiger partial charge in [0, 0.05) is 6.54 Å². The molecular formula is C19H20N2O4. The quantitative estimate of drug-likeness (QED) is 0.845. The Kier molecular flexibility index (Phi) is 5.18. The van der Waals surface area contributed by atoms with Gasteiger partial charge in [0.15, 0.2) is 12.7 Å². The summed E-state index contributed by atoms with van der Waals surface area (Å²) in [4.78, 5) is 23.5. The van der Waals surface area contributed by atoms with Gasteiger partial charge in [0.25, 0.3) is 11.8 Å². The second-order valence-corrected chi connectivity index (χ2v) is 5.78. The lowest BCUT2D eigenvalue weighted by atomic mass is 10.1. The summed E-state index contributed by atoms with van der Waals surface area (Å²) in [5.41, 5.74) is 1.67. The van der Waals surface area contributed by atoms with E-state index in [1.165, 1.54) is 0 Å². The van der Waals surface area contributed by atoms with Gasteiger partial charge in [0.05, 0.1) is 5.69 Å². The van der Waals surface area contributed by atoms with Crippen molar-refractivity contribution in [2.24, 2.45) is 0 Å². The minimum absolute atomic E-state index is 0.0179. The van der Waals surface area contributed by atoms with Crippen LogP contribution in [0.3, 0.4) is 0 Å². The van der Waals surface area contributed by atoms with E-state index in [-0.39, 0.29) is 18.4 Å². The maximum absolute atomic E-state index is 11.8. The summed E-state index contributed by atoms with van der Waals surface area (Å²) in [5, 5.41) is 5.63. The third-order valence-electron chi connectivity index (χ3n) is 3.82. The molecule has 6 heteroatoms. The van der Waals surface area contributed by atoms with E-state index >= 15 is 0 Å². The van der Waals surface area contributed by atoms with Gasteiger partial charge >= 0.3 is 0 Å². The summed E-state index contributed by atoms with van der Waals surface area (Å²) in [6.45, 7) is 2.18. The zero-order valence-corrected chi connectivity index (χ0v) is 14.0. The lowest BCUT2D eigenvalue weighted by Gasteiger charge is -2.23. The third kappa shape index (κ3) is 4.50. The standard InChI is InChI=1S/C19H20N2O4/c1-13-19(23)21-16-11-14(7-8-17(16)25-13)9-10-20-18(22)12-24-15-5-3-2-4-6-15/h2-8,11,13H,9-10,12H2,1H3,(H,20,22)(H,21,23). The maximum atomic E-state index is 11.8. The van der Waals surface area contributed by atoms with Crippen LogP contribution in [0.25, 0.3) is 0 Å². The lowest BCUT2D eigenvalue weighted by molar-refractivity contribution is -0.123. The molecule has 2 amide bonds. The van der Waals surface area contributed by atoms with Gasteiger partial charge in [-0.3, -0.25) is 9.59 Å². The Morgan fingerprint density at radius 1 is 1.24 bits per heavy atom. The molecule has 0 aromatic heterocycles. The molecule has 2 N–H and O–H groups in total. The molecule has 0 saturated carbocycles. The molecule has 0 spiro atoms. The van der Waals surface area contributed by atoms with Crippen LogP contribution in [-0.4, -0.2) is 31.1 Å². The van der Waals surface area contributed by atoms with E-state index < -0.39 is 6.10 Å². The second-order valence-electron chi connectivity index (χ2n) is 5.78. The Hall–Kier alpha value is -3.02. The van der Waals surface area contributed by atoms with Crippen LogP contribution in [0.5, 0.6) is 11.5 Å². The number of ether oxygens (including phenoxy) is 2. The fourth-order valence-electron chi connectivity index (χ4n) is 2.47. The van der Waals surface area contributed by atoms with Gasteiger partial charge < -0.3 is 20.1 Å². The van der Waals surface area contributed by atoms with Gasteiger partial charge in [0.2, 0.25) is 0 Å². The zero-order chi connectivity index (χ0) is 17.6. The molecule has 6 nitrogen and oxygen atoms in total. The van der Waals surface area contributed by atoms with E-state index in [9.17, 15) is 9.59 Å². The summed E-state index contributed by atoms with van der Waals surface area (Å²) in [6.07, 6.45) is 0.165. The molecule has 0 bridgehead atoms. The highest BCUT2D eigenvalue weighted by Crippen LogP contribution is 2.30. The van der Waals surface area contributed by atoms with Crippen molar-refractivity contribution in [3.8, 4) is 11.5 Å². The number of carbonyl (C=O) groups excluding carboxylic acids is 2. The van der Waals surface area contributed by atoms with E-state index in [4.69, 9.17) is 9.47 Å². The molecule has 3 rings (SSSR count). The number of anilines is 1. The van der Waals surface area contributed by atoms with Gasteiger partial charge in [-0.25, -0.2) is 0 Å². The van der Waals surface area contributed by atoms with Crippen molar-refractivity contribution in [3.05, 3.63) is 54.1 Å². The predicted molar refractivity (Wildman–Crippen MR) is 93.8 cm³/mol. The molecule has 25 heavy (non-hydrogen) atoms. The molecule has 130 valence electrons. The van der Waals surface area contributed by atoms with Crippen molar-refractivity contribution in [1.29, 1.82) is 0 Å². The number of para-hydroxylation sites is 1. The zero-order valence-electron chi connectivity index (χ0n) is 14.0. The monoisotopic (exact) mass is 340 g/mol. The van der Waals surface area contributed by atoms with E-state index in [0.29, 0.717) is 30.2 Å². The first-order valence-electron chi connectivity index (χ1n) is 8.17. The third-order valence-corrected chi connectivity index (χ3v) is 3.82. The number of hydrogen-bond acceptors (Lipinski definition) is 4. The molecular weight excluding hydrogens is 320 g/mol. The minimum atomic E-state index is -0.484. The van der Waals surface area contributed by atoms with Crippen LogP contribution in [0.15, 0.2) is 48.5 Å². The molecule has 2 aromatic rings. The van der Waals surface area contributed by atoms with Crippen LogP contribution in [0.1, 0.15) is 12.5 Å². The molecule has 0 fully saturated rings. The first kappa shape index (κ1) is 16.8. The largest absolute Gasteiger partial charge is 0.484 e. The Morgan fingerprint density at radius 2 is 2.04 bits per heavy atom. The van der Waals surface area contributed by atoms with Gasteiger partial charge in [-0.05, 0) is 43.2 Å². The Morgan fingerprint density at radius 3 is 2.84 bits per heavy atom. The molecule has 1 aliphatic heterocycles. The Labute approximate surface area is 146 Å². The summed E-state index contributed by atoms with van der Waals surface area (Å²) in [7, 11) is 0. The first-order chi connectivity index (χ1) is 12.1. The Bertz CT molecular complexity index is 761. The fourth-order valence-corrected chi connectivity index (χ4v) is 2.47. The first-order valence-corrected chi connectivity index (χ1v) is 8.17. The van der Waals surface area contributed by atoms with E-state index in [2.05, 4.69) is 10.6 Å². The number of amides is 2. The predicted octanol–water partition coefficient (Wildman–Crippen LogP) is 2.14. The second kappa shape index (κ2) is 7.70. The van der Waals surface area contributed by atoms with E-state index in [0.717, 1.165) is 5.56 Å². The SMILES string of the molecule is CC1Oc2ccc(CCNC(=O)COc3ccccc3)cc2NC1=O. The van der Waals surface area contributed by atoms with Crippen molar-refractivity contribution in [3.63, 3.8) is 0 Å². The maximum Gasteiger partial charge on any atom is 0.265 e. The smallest absolute Gasteiger partial charge is 0.265 e. The average Bonchev–Trinajstić information content (AvgIpc) is 2.62. The van der Waals surface area contributed by atoms with Crippen LogP contribution in [0.4, 0.5) is 5.69 Å². The molecule has 0 radical (unpaired) electrons. The van der Waals surface area contributed by atoms with Crippen molar-refractivity contribution in [2.75, 3.05) is 18.5 Å². The van der Waals surface area contributed by atoms with Crippen molar-refractivity contribution in [1.82, 2.24) is 5.32 Å². The normalized spacial score (nSPS) is 15.6. The highest BCUT2D eigenvalue weighted by molar-refractivity contribution is 5.97. The number of rotatable bonds is 6. The number of hydrogen-bond donors (Lipinski definition) is 2. The highest BCUT2D eigenvalue weighted by atomic mass is 16.5. The van der Waals surface area contributed by atoms with Crippen LogP contribution < -0.4 is 20.1 Å². The van der Waals surface area contributed by atoms with E-state index in [1.54, 1.807) is 19.1 Å². The summed E-state index contributed by atoms with van der Waals surface area (Å²) in [5.74, 6) is 0.997. The topological polar surface area (TPSA) is 76.7 Å². The van der Waals surface area contributed by atoms with Gasteiger partial charge in [0.1, 0.15) is 11.5 Å². The Balaban J connectivity index is 1.45. The fraction of sp³-hybridized carbons (Fsp3) is 0.263. The number of carbonyl (C=O) groups is 2. The molecule has 2 aromatic carbocycles. The summed E-state index contributed by atoms with van der Waals surface area (Å²) < 4.78 is 10.9. The van der Waals surface area contributed by atoms with E-state index in [1.807, 2.05) is 36.4 Å².